The summed E-state index contributed by atoms with van der Waals surface area (Å²) < 4.78 is 17.2. The molecule has 2 aromatic carbocycles. The van der Waals surface area contributed by atoms with Crippen molar-refractivity contribution in [3.63, 3.8) is 0 Å². The number of aliphatic hydroxyl groups is 2. The van der Waals surface area contributed by atoms with Crippen molar-refractivity contribution in [3.8, 4) is 17.1 Å². The van der Waals surface area contributed by atoms with Gasteiger partial charge in [0.1, 0.15) is 18.3 Å². The summed E-state index contributed by atoms with van der Waals surface area (Å²) in [5.41, 5.74) is 3.61. The van der Waals surface area contributed by atoms with Crippen LogP contribution in [0.5, 0.6) is 6.01 Å². The van der Waals surface area contributed by atoms with E-state index in [0.717, 1.165) is 47.0 Å². The third kappa shape index (κ3) is 3.23. The second kappa shape index (κ2) is 7.18. The molecule has 0 amide bonds. The molecule has 0 radical (unpaired) electrons. The fraction of sp³-hybridized carbons (Fsp3) is 0.435. The first-order chi connectivity index (χ1) is 15.0. The predicted molar refractivity (Wildman–Crippen MR) is 114 cm³/mol. The molecule has 2 aliphatic heterocycles. The molecule has 1 saturated carbocycles. The summed E-state index contributed by atoms with van der Waals surface area (Å²) in [7, 11) is 0. The lowest BCUT2D eigenvalue weighted by Crippen LogP contribution is -2.34. The molecule has 6 rings (SSSR count). The lowest BCUT2D eigenvalue weighted by molar-refractivity contribution is -0.0387. The Morgan fingerprint density at radius 3 is 2.61 bits per heavy atom. The van der Waals surface area contributed by atoms with Crippen molar-refractivity contribution < 1.29 is 24.4 Å². The summed E-state index contributed by atoms with van der Waals surface area (Å²) in [4.78, 5) is 7.72. The molecule has 2 saturated heterocycles. The Bertz CT molecular complexity index is 1130. The third-order valence-electron chi connectivity index (χ3n) is 6.71. The molecule has 0 bridgehead atoms. The maximum Gasteiger partial charge on any atom is 0.295 e. The molecule has 3 aromatic rings. The number of halogens is 1. The van der Waals surface area contributed by atoms with Crippen molar-refractivity contribution in [1.82, 2.24) is 9.97 Å². The Labute approximate surface area is 183 Å². The van der Waals surface area contributed by atoms with Crippen molar-refractivity contribution in [2.45, 2.75) is 49.3 Å². The minimum absolute atomic E-state index is 0.254. The van der Waals surface area contributed by atoms with Gasteiger partial charge in [0, 0.05) is 5.56 Å². The van der Waals surface area contributed by atoms with Gasteiger partial charge in [-0.05, 0) is 42.5 Å². The van der Waals surface area contributed by atoms with Crippen LogP contribution in [0.1, 0.15) is 24.8 Å². The number of rotatable bonds is 4. The van der Waals surface area contributed by atoms with Gasteiger partial charge >= 0.3 is 0 Å². The normalized spacial score (nSPS) is 29.1. The van der Waals surface area contributed by atoms with Crippen molar-refractivity contribution in [2.75, 3.05) is 13.2 Å². The number of aliphatic hydroxyl groups excluding tert-OH is 1. The van der Waals surface area contributed by atoms with E-state index in [0.29, 0.717) is 17.6 Å². The Morgan fingerprint density at radius 2 is 1.87 bits per heavy atom. The number of aromatic amines is 1. The van der Waals surface area contributed by atoms with Crippen molar-refractivity contribution >= 4 is 22.6 Å². The van der Waals surface area contributed by atoms with Crippen LogP contribution in [0.3, 0.4) is 0 Å². The summed E-state index contributed by atoms with van der Waals surface area (Å²) in [6.07, 6.45) is 1.09. The number of hydrogen-bond acceptors (Lipinski definition) is 6. The van der Waals surface area contributed by atoms with Gasteiger partial charge < -0.3 is 29.4 Å². The van der Waals surface area contributed by atoms with Gasteiger partial charge in [0.15, 0.2) is 6.10 Å². The van der Waals surface area contributed by atoms with E-state index >= 15 is 0 Å². The summed E-state index contributed by atoms with van der Waals surface area (Å²) in [5, 5.41) is 21.0. The smallest absolute Gasteiger partial charge is 0.295 e. The zero-order valence-electron chi connectivity index (χ0n) is 16.8. The van der Waals surface area contributed by atoms with E-state index in [1.165, 1.54) is 0 Å². The molecule has 3 aliphatic rings. The van der Waals surface area contributed by atoms with E-state index < -0.39 is 11.7 Å². The van der Waals surface area contributed by atoms with Crippen LogP contribution in [0.25, 0.3) is 22.2 Å². The van der Waals surface area contributed by atoms with Gasteiger partial charge in [0.05, 0.1) is 34.9 Å². The number of imidazole rings is 1. The van der Waals surface area contributed by atoms with E-state index in [-0.39, 0.29) is 24.9 Å². The van der Waals surface area contributed by atoms with Crippen LogP contribution in [0.4, 0.5) is 0 Å². The molecule has 4 atom stereocenters. The van der Waals surface area contributed by atoms with Crippen molar-refractivity contribution in [3.05, 3.63) is 47.0 Å². The van der Waals surface area contributed by atoms with E-state index in [4.69, 9.17) is 25.8 Å². The van der Waals surface area contributed by atoms with Gasteiger partial charge in [-0.2, -0.15) is 4.98 Å². The zero-order chi connectivity index (χ0) is 21.2. The molecule has 1 aliphatic carbocycles. The molecule has 0 unspecified atom stereocenters. The maximum absolute atomic E-state index is 10.5. The first-order valence-corrected chi connectivity index (χ1v) is 11.0. The van der Waals surface area contributed by atoms with E-state index in [1.807, 2.05) is 36.4 Å². The average molecular weight is 443 g/mol. The van der Waals surface area contributed by atoms with E-state index in [9.17, 15) is 10.2 Å². The van der Waals surface area contributed by atoms with Crippen molar-refractivity contribution in [1.29, 1.82) is 0 Å². The fourth-order valence-corrected chi connectivity index (χ4v) is 5.01. The molecule has 162 valence electrons. The number of hydrogen-bond donors (Lipinski definition) is 3. The molecule has 31 heavy (non-hydrogen) atoms. The number of aromatic nitrogens is 2. The largest absolute Gasteiger partial charge is 0.456 e. The summed E-state index contributed by atoms with van der Waals surface area (Å²) in [6, 6.07) is 12.1. The van der Waals surface area contributed by atoms with Gasteiger partial charge in [0.2, 0.25) is 0 Å². The Hall–Kier alpha value is -2.16. The summed E-state index contributed by atoms with van der Waals surface area (Å²) in [5.74, 6) is 0. The van der Waals surface area contributed by atoms with Gasteiger partial charge in [-0.3, -0.25) is 0 Å². The third-order valence-corrected chi connectivity index (χ3v) is 7.02. The molecule has 3 heterocycles. The fourth-order valence-electron chi connectivity index (χ4n) is 4.73. The summed E-state index contributed by atoms with van der Waals surface area (Å²) >= 11 is 6.57. The molecule has 8 heteroatoms. The summed E-state index contributed by atoms with van der Waals surface area (Å²) in [6.45, 7) is 0.596. The van der Waals surface area contributed by atoms with Crippen LogP contribution in [-0.4, -0.2) is 57.8 Å². The van der Waals surface area contributed by atoms with Crippen LogP contribution >= 0.6 is 11.6 Å². The lowest BCUT2D eigenvalue weighted by Gasteiger charge is -2.37. The average Bonchev–Trinajstić information content (AvgIpc) is 3.43. The lowest BCUT2D eigenvalue weighted by atomic mass is 9.75. The first-order valence-electron chi connectivity index (χ1n) is 10.6. The van der Waals surface area contributed by atoms with Crippen LogP contribution in [-0.2, 0) is 15.1 Å². The molecule has 3 N–H and O–H groups in total. The highest BCUT2D eigenvalue weighted by Crippen LogP contribution is 2.42. The molecular formula is C23H23ClN2O5. The second-order valence-electron chi connectivity index (χ2n) is 8.67. The number of nitrogens with one attached hydrogen (secondary N) is 1. The predicted octanol–water partition coefficient (Wildman–Crippen LogP) is 3.16. The quantitative estimate of drug-likeness (QED) is 0.574. The highest BCUT2D eigenvalue weighted by Gasteiger charge is 2.48. The van der Waals surface area contributed by atoms with Gasteiger partial charge in [0.25, 0.3) is 6.01 Å². The standard InChI is InChI=1S/C23H23ClN2O5/c24-15-9-17-16(8-14(15)12-2-4-13(5-3-12)23(28)6-1-7-23)25-22(26-17)31-19-11-30-20-18(27)10-29-21(19)20/h2-5,8-9,18-21,27-28H,1,6-7,10-11H2,(H,25,26)/t18-,19-,20-,21-/m1/s1. The van der Waals surface area contributed by atoms with Crippen LogP contribution in [0, 0.1) is 0 Å². The first kappa shape index (κ1) is 19.5. The molecule has 1 aromatic heterocycles. The monoisotopic (exact) mass is 442 g/mol. The maximum atomic E-state index is 10.5. The topological polar surface area (TPSA) is 96.8 Å². The zero-order valence-corrected chi connectivity index (χ0v) is 17.5. The number of nitrogens with zero attached hydrogens (tertiary/aromatic N) is 1. The minimum atomic E-state index is -0.678. The number of fused-ring (bicyclic) bond motifs is 2. The minimum Gasteiger partial charge on any atom is -0.456 e. The Morgan fingerprint density at radius 1 is 1.10 bits per heavy atom. The molecular weight excluding hydrogens is 420 g/mol. The Balaban J connectivity index is 1.26. The Kier molecular flexibility index (Phi) is 4.52. The molecule has 3 fully saturated rings. The molecule has 7 nitrogen and oxygen atoms in total. The van der Waals surface area contributed by atoms with Crippen LogP contribution < -0.4 is 4.74 Å². The second-order valence-corrected chi connectivity index (χ2v) is 9.08. The molecule has 0 spiro atoms. The van der Waals surface area contributed by atoms with Crippen LogP contribution in [0.2, 0.25) is 5.02 Å². The number of benzene rings is 2. The van der Waals surface area contributed by atoms with Gasteiger partial charge in [-0.1, -0.05) is 35.9 Å². The van der Waals surface area contributed by atoms with Gasteiger partial charge in [-0.15, -0.1) is 0 Å². The highest BCUT2D eigenvalue weighted by molar-refractivity contribution is 6.34. The highest BCUT2D eigenvalue weighted by atomic mass is 35.5. The van der Waals surface area contributed by atoms with E-state index in [1.54, 1.807) is 0 Å². The van der Waals surface area contributed by atoms with Crippen molar-refractivity contribution in [2.24, 2.45) is 0 Å². The number of ether oxygens (including phenoxy) is 3. The SMILES string of the molecule is O[C@@H]1CO[C@H]2[C@@H]1OC[C@H]2Oc1nc2cc(-c3ccc(C4(O)CCC4)cc3)c(Cl)cc2[nH]1. The van der Waals surface area contributed by atoms with Gasteiger partial charge in [-0.25, -0.2) is 0 Å². The van der Waals surface area contributed by atoms with Crippen LogP contribution in [0.15, 0.2) is 36.4 Å². The number of H-pyrrole nitrogens is 1. The van der Waals surface area contributed by atoms with E-state index in [2.05, 4.69) is 9.97 Å².